The molecule has 0 unspecified atom stereocenters. The number of hydrogen-bond acceptors (Lipinski definition) is 3. The lowest BCUT2D eigenvalue weighted by Crippen LogP contribution is -2.60. The van der Waals surface area contributed by atoms with Crippen LogP contribution in [0, 0.1) is 0 Å². The van der Waals surface area contributed by atoms with Crippen molar-refractivity contribution in [3.63, 3.8) is 0 Å². The maximum Gasteiger partial charge on any atom is 0.336 e. The van der Waals surface area contributed by atoms with Crippen LogP contribution in [0.25, 0.3) is 49.6 Å². The van der Waals surface area contributed by atoms with Crippen LogP contribution in [0.5, 0.6) is 0 Å². The van der Waals surface area contributed by atoms with E-state index in [1.165, 1.54) is 60.7 Å². The van der Waals surface area contributed by atoms with Gasteiger partial charge in [-0.1, -0.05) is 147 Å². The Morgan fingerprint density at radius 2 is 1.15 bits per heavy atom. The third-order valence-corrected chi connectivity index (χ3v) is 13.2. The minimum absolute atomic E-state index is 0.0249. The van der Waals surface area contributed by atoms with Crippen molar-refractivity contribution in [3.05, 3.63) is 168 Å². The standard InChI is InChI=1S/C56H52BN3O/c1-54(2,3)35-24-27-40(28-25-35)60-53-49(41-22-16-17-23-48(41)61-53)43-33-37(56(7,8)9)34-47-51(43)57(60)44-29-31-46(58(38-18-12-10-13-19-38)39-20-14-11-15-21-39)50-42-32-36(55(4,5)6)26-30-45(42)59(47)52(44)50/h10-34H,1-9H3. The van der Waals surface area contributed by atoms with Gasteiger partial charge in [0, 0.05) is 38.9 Å². The molecular formula is C56H52BN3O. The van der Waals surface area contributed by atoms with E-state index in [1.807, 2.05) is 0 Å². The summed E-state index contributed by atoms with van der Waals surface area (Å²) >= 11 is 0. The van der Waals surface area contributed by atoms with Crippen LogP contribution in [0.15, 0.2) is 156 Å². The van der Waals surface area contributed by atoms with E-state index in [-0.39, 0.29) is 23.1 Å². The van der Waals surface area contributed by atoms with Crippen molar-refractivity contribution in [1.29, 1.82) is 0 Å². The van der Waals surface area contributed by atoms with Gasteiger partial charge in [-0.05, 0) is 116 Å². The van der Waals surface area contributed by atoms with Gasteiger partial charge in [0.05, 0.1) is 22.3 Å². The fourth-order valence-electron chi connectivity index (χ4n) is 10.0. The Hall–Kier alpha value is -6.46. The van der Waals surface area contributed by atoms with Crippen LogP contribution in [-0.2, 0) is 16.2 Å². The molecular weight excluding hydrogens is 741 g/mol. The molecule has 0 N–H and O–H groups in total. The molecule has 0 amide bonds. The van der Waals surface area contributed by atoms with E-state index in [4.69, 9.17) is 4.42 Å². The molecule has 0 bridgehead atoms. The van der Waals surface area contributed by atoms with Crippen LogP contribution in [0.1, 0.15) is 79.0 Å². The average molecular weight is 794 g/mol. The third-order valence-electron chi connectivity index (χ3n) is 13.2. The Kier molecular flexibility index (Phi) is 8.01. The highest BCUT2D eigenvalue weighted by Gasteiger charge is 2.47. The second-order valence-electron chi connectivity index (χ2n) is 20.3. The number of benzene rings is 7. The van der Waals surface area contributed by atoms with Gasteiger partial charge in [-0.3, -0.25) is 0 Å². The van der Waals surface area contributed by atoms with Gasteiger partial charge in [-0.2, -0.15) is 0 Å². The fraction of sp³-hybridized carbons (Fsp3) is 0.214. The summed E-state index contributed by atoms with van der Waals surface area (Å²) in [5.74, 6) is 0.895. The summed E-state index contributed by atoms with van der Waals surface area (Å²) in [6, 6.07) is 56.5. The van der Waals surface area contributed by atoms with Crippen LogP contribution in [0.2, 0.25) is 0 Å². The molecule has 0 fully saturated rings. The van der Waals surface area contributed by atoms with E-state index < -0.39 is 0 Å². The Balaban J connectivity index is 1.32. The number of furan rings is 1. The quantitative estimate of drug-likeness (QED) is 0.166. The maximum absolute atomic E-state index is 7.12. The molecule has 4 heterocycles. The summed E-state index contributed by atoms with van der Waals surface area (Å²) in [4.78, 5) is 4.95. The summed E-state index contributed by atoms with van der Waals surface area (Å²) in [7, 11) is 0. The fourth-order valence-corrected chi connectivity index (χ4v) is 10.0. The topological polar surface area (TPSA) is 24.6 Å². The molecule has 2 aliphatic rings. The van der Waals surface area contributed by atoms with E-state index in [9.17, 15) is 0 Å². The highest BCUT2D eigenvalue weighted by Crippen LogP contribution is 2.51. The van der Waals surface area contributed by atoms with Gasteiger partial charge in [0.15, 0.2) is 5.88 Å². The van der Waals surface area contributed by atoms with Crippen molar-refractivity contribution in [2.75, 3.05) is 9.71 Å². The normalized spacial score (nSPS) is 13.6. The number of hydrogen-bond donors (Lipinski definition) is 0. The zero-order chi connectivity index (χ0) is 42.2. The van der Waals surface area contributed by atoms with E-state index in [2.05, 4.69) is 228 Å². The molecule has 0 aliphatic carbocycles. The van der Waals surface area contributed by atoms with Gasteiger partial charge in [0.1, 0.15) is 5.58 Å². The smallest absolute Gasteiger partial charge is 0.336 e. The molecule has 0 saturated carbocycles. The van der Waals surface area contributed by atoms with Crippen molar-refractivity contribution in [2.24, 2.45) is 0 Å². The van der Waals surface area contributed by atoms with Gasteiger partial charge >= 0.3 is 6.85 Å². The molecule has 0 saturated heterocycles. The summed E-state index contributed by atoms with van der Waals surface area (Å²) in [6.45, 7) is 20.7. The van der Waals surface area contributed by atoms with Crippen molar-refractivity contribution in [2.45, 2.75) is 78.6 Å². The Labute approximate surface area is 360 Å². The van der Waals surface area contributed by atoms with Gasteiger partial charge in [-0.25, -0.2) is 0 Å². The van der Waals surface area contributed by atoms with Gasteiger partial charge in [0.25, 0.3) is 0 Å². The van der Waals surface area contributed by atoms with E-state index >= 15 is 0 Å². The van der Waals surface area contributed by atoms with E-state index in [1.54, 1.807) is 0 Å². The predicted molar refractivity (Wildman–Crippen MR) is 260 cm³/mol. The molecule has 9 aromatic rings. The Morgan fingerprint density at radius 1 is 0.541 bits per heavy atom. The van der Waals surface area contributed by atoms with Crippen molar-refractivity contribution >= 4 is 79.2 Å². The minimum atomic E-state index is -0.162. The Morgan fingerprint density at radius 3 is 1.79 bits per heavy atom. The zero-order valence-corrected chi connectivity index (χ0v) is 36.8. The molecule has 61 heavy (non-hydrogen) atoms. The lowest BCUT2D eigenvalue weighted by atomic mass is 9.44. The maximum atomic E-state index is 7.12. The van der Waals surface area contributed by atoms with Crippen LogP contribution in [0.3, 0.4) is 0 Å². The number of aromatic nitrogens is 1. The average Bonchev–Trinajstić information content (AvgIpc) is 3.80. The number of rotatable bonds is 4. The number of nitrogens with zero attached hydrogens (tertiary/aromatic N) is 3. The lowest BCUT2D eigenvalue weighted by molar-refractivity contribution is 0.589. The summed E-state index contributed by atoms with van der Waals surface area (Å²) in [5.41, 5.74) is 17.9. The molecule has 300 valence electrons. The number of anilines is 5. The largest absolute Gasteiger partial charge is 0.441 e. The van der Waals surface area contributed by atoms with E-state index in [0.29, 0.717) is 0 Å². The lowest BCUT2D eigenvalue weighted by Gasteiger charge is -2.41. The first kappa shape index (κ1) is 37.5. The summed E-state index contributed by atoms with van der Waals surface area (Å²) in [5, 5.41) is 3.64. The van der Waals surface area contributed by atoms with Crippen LogP contribution in [0.4, 0.5) is 28.6 Å². The van der Waals surface area contributed by atoms with Crippen LogP contribution >= 0.6 is 0 Å². The van der Waals surface area contributed by atoms with Crippen molar-refractivity contribution in [3.8, 4) is 16.8 Å². The second kappa shape index (κ2) is 13.0. The number of para-hydroxylation sites is 3. The van der Waals surface area contributed by atoms with Gasteiger partial charge in [-0.15, -0.1) is 0 Å². The predicted octanol–water partition coefficient (Wildman–Crippen LogP) is 14.1. The summed E-state index contributed by atoms with van der Waals surface area (Å²) < 4.78 is 9.73. The zero-order valence-electron chi connectivity index (χ0n) is 36.8. The monoisotopic (exact) mass is 793 g/mol. The van der Waals surface area contributed by atoms with Gasteiger partial charge in [0.2, 0.25) is 0 Å². The first-order valence-electron chi connectivity index (χ1n) is 21.8. The highest BCUT2D eigenvalue weighted by atomic mass is 16.4. The molecule has 4 nitrogen and oxygen atoms in total. The van der Waals surface area contributed by atoms with Crippen LogP contribution in [-0.4, -0.2) is 11.4 Å². The SMILES string of the molecule is CC(C)(C)c1ccc(N2B3c4c(cc(C(C)(C)C)cc4-n4c5ccc(C(C)(C)C)cc5c5c(N(c6ccccc6)c6ccccc6)ccc3c54)-c3c2oc2ccccc32)cc1. The first-order valence-corrected chi connectivity index (χ1v) is 21.8. The highest BCUT2D eigenvalue weighted by molar-refractivity contribution is 6.93. The van der Waals surface area contributed by atoms with Crippen LogP contribution < -0.4 is 20.6 Å². The molecule has 0 spiro atoms. The number of fused-ring (bicyclic) bond motifs is 9. The molecule has 7 aromatic carbocycles. The Bertz CT molecular complexity index is 3150. The van der Waals surface area contributed by atoms with Crippen molar-refractivity contribution in [1.82, 2.24) is 4.57 Å². The third kappa shape index (κ3) is 5.66. The van der Waals surface area contributed by atoms with Crippen molar-refractivity contribution < 1.29 is 4.42 Å². The van der Waals surface area contributed by atoms with E-state index in [0.717, 1.165) is 45.2 Å². The molecule has 5 heteroatoms. The molecule has 2 aromatic heterocycles. The minimum Gasteiger partial charge on any atom is -0.441 e. The summed E-state index contributed by atoms with van der Waals surface area (Å²) in [6.07, 6.45) is 0. The second-order valence-corrected chi connectivity index (χ2v) is 20.3. The molecule has 0 radical (unpaired) electrons. The molecule has 11 rings (SSSR count). The molecule has 2 aliphatic heterocycles. The molecule has 0 atom stereocenters. The first-order chi connectivity index (χ1) is 29.2. The van der Waals surface area contributed by atoms with Gasteiger partial charge < -0.3 is 18.7 Å².